The zero-order chi connectivity index (χ0) is 22.8. The van der Waals surface area contributed by atoms with E-state index in [4.69, 9.17) is 4.74 Å². The summed E-state index contributed by atoms with van der Waals surface area (Å²) in [5.41, 5.74) is 1.86. The minimum Gasteiger partial charge on any atom is -0.477 e. The number of nitrogens with zero attached hydrogens (tertiary/aromatic N) is 3. The molecular formula is C26H31N3O3S. The molecule has 0 aromatic heterocycles. The lowest BCUT2D eigenvalue weighted by Gasteiger charge is -2.38. The van der Waals surface area contributed by atoms with Crippen LogP contribution in [0.4, 0.5) is 11.4 Å². The first kappa shape index (κ1) is 22.1. The number of carbonyl (C=O) groups excluding carboxylic acids is 2. The number of thioether (sulfide) groups is 1. The number of anilines is 2. The number of ether oxygens (including phenoxy) is 1. The second-order valence-corrected chi connectivity index (χ2v) is 10.6. The topological polar surface area (TPSA) is 53.1 Å². The number of hydrogen-bond donors (Lipinski definition) is 0. The molecule has 2 unspecified atom stereocenters. The Morgan fingerprint density at radius 2 is 1.70 bits per heavy atom. The number of rotatable bonds is 3. The van der Waals surface area contributed by atoms with Crippen LogP contribution < -0.4 is 14.5 Å². The highest BCUT2D eigenvalue weighted by molar-refractivity contribution is 8.00. The van der Waals surface area contributed by atoms with Crippen molar-refractivity contribution in [2.75, 3.05) is 42.5 Å². The first-order valence-corrected chi connectivity index (χ1v) is 12.8. The summed E-state index contributed by atoms with van der Waals surface area (Å²) in [5.74, 6) is 0.761. The molecule has 3 aliphatic heterocycles. The van der Waals surface area contributed by atoms with E-state index in [0.717, 1.165) is 48.6 Å². The normalized spacial score (nSPS) is 22.6. The monoisotopic (exact) mass is 465 g/mol. The Morgan fingerprint density at radius 1 is 0.970 bits per heavy atom. The van der Waals surface area contributed by atoms with E-state index in [2.05, 4.69) is 13.0 Å². The van der Waals surface area contributed by atoms with E-state index >= 15 is 0 Å². The number of amides is 2. The molecule has 0 N–H and O–H groups in total. The highest BCUT2D eigenvalue weighted by atomic mass is 32.2. The molecule has 2 atom stereocenters. The average molecular weight is 466 g/mol. The molecule has 2 amide bonds. The van der Waals surface area contributed by atoms with Crippen LogP contribution in [-0.4, -0.2) is 60.8 Å². The van der Waals surface area contributed by atoms with Gasteiger partial charge in [0.2, 0.25) is 5.91 Å². The van der Waals surface area contributed by atoms with Crippen LogP contribution >= 0.6 is 11.8 Å². The molecule has 0 bridgehead atoms. The molecule has 3 heterocycles. The number of carbonyl (C=O) groups is 2. The molecule has 6 nitrogen and oxygen atoms in total. The molecule has 0 radical (unpaired) electrons. The van der Waals surface area contributed by atoms with Crippen molar-refractivity contribution in [3.05, 3.63) is 48.5 Å². The maximum absolute atomic E-state index is 13.6. The van der Waals surface area contributed by atoms with Crippen molar-refractivity contribution in [2.24, 2.45) is 0 Å². The molecule has 0 aliphatic carbocycles. The number of piperidine rings is 1. The third-order valence-corrected chi connectivity index (χ3v) is 7.91. The Morgan fingerprint density at radius 3 is 2.52 bits per heavy atom. The van der Waals surface area contributed by atoms with Crippen LogP contribution in [0.15, 0.2) is 53.4 Å². The molecule has 1 fully saturated rings. The standard InChI is InChI=1S/C26H31N3O3S/c1-19-13-16-29(21-10-4-6-12-24(21)33-19)25(30)18-28-17-23(26(31)27-14-7-2-8-15-27)32-22-11-5-3-9-20(22)28/h3-6,9-12,19,23H,2,7-8,13-18H2,1H3. The number of fused-ring (bicyclic) bond motifs is 2. The summed E-state index contributed by atoms with van der Waals surface area (Å²) in [5, 5.41) is 0.458. The van der Waals surface area contributed by atoms with Crippen molar-refractivity contribution in [3.63, 3.8) is 0 Å². The van der Waals surface area contributed by atoms with Crippen molar-refractivity contribution in [1.82, 2.24) is 4.90 Å². The van der Waals surface area contributed by atoms with Crippen LogP contribution in [0.1, 0.15) is 32.6 Å². The summed E-state index contributed by atoms with van der Waals surface area (Å²) in [6.07, 6.45) is 3.62. The molecule has 7 heteroatoms. The third-order valence-electron chi connectivity index (χ3n) is 6.68. The van der Waals surface area contributed by atoms with Gasteiger partial charge in [-0.2, -0.15) is 0 Å². The second-order valence-electron chi connectivity index (χ2n) is 9.07. The van der Waals surface area contributed by atoms with E-state index in [1.165, 1.54) is 6.42 Å². The Kier molecular flexibility index (Phi) is 6.49. The Balaban J connectivity index is 1.37. The van der Waals surface area contributed by atoms with Gasteiger partial charge in [0.15, 0.2) is 6.10 Å². The molecule has 2 aromatic rings. The summed E-state index contributed by atoms with van der Waals surface area (Å²) >= 11 is 1.83. The maximum atomic E-state index is 13.6. The fourth-order valence-electron chi connectivity index (χ4n) is 4.90. The summed E-state index contributed by atoms with van der Waals surface area (Å²) in [7, 11) is 0. The number of benzene rings is 2. The van der Waals surface area contributed by atoms with Gasteiger partial charge in [-0.15, -0.1) is 11.8 Å². The second kappa shape index (κ2) is 9.67. The van der Waals surface area contributed by atoms with Crippen molar-refractivity contribution in [3.8, 4) is 5.75 Å². The predicted molar refractivity (Wildman–Crippen MR) is 132 cm³/mol. The summed E-state index contributed by atoms with van der Waals surface area (Å²) in [4.78, 5) is 33.9. The number of para-hydroxylation sites is 3. The molecule has 0 spiro atoms. The van der Waals surface area contributed by atoms with E-state index in [0.29, 0.717) is 24.1 Å². The van der Waals surface area contributed by atoms with Crippen molar-refractivity contribution >= 4 is 35.0 Å². The zero-order valence-corrected chi connectivity index (χ0v) is 19.9. The summed E-state index contributed by atoms with van der Waals surface area (Å²) in [6.45, 7) is 5.10. The SMILES string of the molecule is CC1CCN(C(=O)CN2CC(C(=O)N3CCCCC3)Oc3ccccc32)c2ccccc2S1. The maximum Gasteiger partial charge on any atom is 0.265 e. The van der Waals surface area contributed by atoms with Gasteiger partial charge < -0.3 is 19.4 Å². The summed E-state index contributed by atoms with van der Waals surface area (Å²) in [6, 6.07) is 15.9. The van der Waals surface area contributed by atoms with Crippen molar-refractivity contribution in [1.29, 1.82) is 0 Å². The Bertz CT molecular complexity index is 1020. The molecule has 5 rings (SSSR count). The molecule has 1 saturated heterocycles. The predicted octanol–water partition coefficient (Wildman–Crippen LogP) is 4.18. The van der Waals surface area contributed by atoms with Gasteiger partial charge >= 0.3 is 0 Å². The van der Waals surface area contributed by atoms with Gasteiger partial charge in [0.1, 0.15) is 5.75 Å². The lowest BCUT2D eigenvalue weighted by Crippen LogP contribution is -2.53. The van der Waals surface area contributed by atoms with Crippen LogP contribution in [0.2, 0.25) is 0 Å². The third kappa shape index (κ3) is 4.69. The largest absolute Gasteiger partial charge is 0.477 e. The van der Waals surface area contributed by atoms with Gasteiger partial charge in [0, 0.05) is 29.8 Å². The van der Waals surface area contributed by atoms with Crippen LogP contribution in [-0.2, 0) is 9.59 Å². The van der Waals surface area contributed by atoms with Crippen molar-refractivity contribution in [2.45, 2.75) is 48.9 Å². The lowest BCUT2D eigenvalue weighted by molar-refractivity contribution is -0.139. The van der Waals surface area contributed by atoms with Gasteiger partial charge in [-0.3, -0.25) is 9.59 Å². The molecular weight excluding hydrogens is 434 g/mol. The number of likely N-dealkylation sites (tertiary alicyclic amines) is 1. The Hall–Kier alpha value is -2.67. The smallest absolute Gasteiger partial charge is 0.265 e. The van der Waals surface area contributed by atoms with Gasteiger partial charge in [-0.1, -0.05) is 31.2 Å². The quantitative estimate of drug-likeness (QED) is 0.681. The van der Waals surface area contributed by atoms with Gasteiger partial charge in [-0.25, -0.2) is 0 Å². The Labute approximate surface area is 199 Å². The number of hydrogen-bond acceptors (Lipinski definition) is 5. The zero-order valence-electron chi connectivity index (χ0n) is 19.1. The van der Waals surface area contributed by atoms with Gasteiger partial charge in [0.05, 0.1) is 24.5 Å². The van der Waals surface area contributed by atoms with Crippen molar-refractivity contribution < 1.29 is 14.3 Å². The minimum atomic E-state index is -0.585. The molecule has 33 heavy (non-hydrogen) atoms. The lowest BCUT2D eigenvalue weighted by atomic mass is 10.1. The van der Waals surface area contributed by atoms with E-state index < -0.39 is 6.10 Å². The van der Waals surface area contributed by atoms with E-state index in [-0.39, 0.29) is 18.4 Å². The van der Waals surface area contributed by atoms with E-state index in [9.17, 15) is 9.59 Å². The van der Waals surface area contributed by atoms with Crippen LogP contribution in [0.5, 0.6) is 5.75 Å². The molecule has 0 saturated carbocycles. The summed E-state index contributed by atoms with van der Waals surface area (Å²) < 4.78 is 6.13. The van der Waals surface area contributed by atoms with Gasteiger partial charge in [0.25, 0.3) is 5.91 Å². The van der Waals surface area contributed by atoms with E-state index in [1.54, 1.807) is 0 Å². The highest BCUT2D eigenvalue weighted by Crippen LogP contribution is 2.38. The molecule has 174 valence electrons. The van der Waals surface area contributed by atoms with E-state index in [1.807, 2.05) is 68.9 Å². The highest BCUT2D eigenvalue weighted by Gasteiger charge is 2.35. The fourth-order valence-corrected chi connectivity index (χ4v) is 6.01. The molecule has 2 aromatic carbocycles. The first-order valence-electron chi connectivity index (χ1n) is 12.0. The first-order chi connectivity index (χ1) is 16.1. The molecule has 3 aliphatic rings. The van der Waals surface area contributed by atoms with Crippen LogP contribution in [0.25, 0.3) is 0 Å². The van der Waals surface area contributed by atoms with Gasteiger partial charge in [-0.05, 0) is 49.9 Å². The minimum absolute atomic E-state index is 0.0343. The average Bonchev–Trinajstić information content (AvgIpc) is 3.02. The fraction of sp³-hybridized carbons (Fsp3) is 0.462. The van der Waals surface area contributed by atoms with Crippen LogP contribution in [0, 0.1) is 0 Å². The van der Waals surface area contributed by atoms with Crippen LogP contribution in [0.3, 0.4) is 0 Å².